The molecule has 0 saturated heterocycles. The topological polar surface area (TPSA) is 50.8 Å². The van der Waals surface area contributed by atoms with Gasteiger partial charge >= 0.3 is 0 Å². The molecule has 0 bridgehead atoms. The van der Waals surface area contributed by atoms with Gasteiger partial charge in [-0.2, -0.15) is 0 Å². The van der Waals surface area contributed by atoms with Crippen LogP contribution in [-0.4, -0.2) is 33.2 Å². The van der Waals surface area contributed by atoms with Crippen LogP contribution in [0.1, 0.15) is 6.92 Å². The third-order valence-corrected chi connectivity index (χ3v) is 3.52. The SMILES string of the molecule is CCN(CC(=O)Nc1cc(OC)cc(OC)c1)c1cccc(F)c1. The average Bonchev–Trinajstić information content (AvgIpc) is 2.59. The summed E-state index contributed by atoms with van der Waals surface area (Å²) in [5.74, 6) is 0.629. The van der Waals surface area contributed by atoms with Crippen molar-refractivity contribution in [3.63, 3.8) is 0 Å². The van der Waals surface area contributed by atoms with E-state index in [1.165, 1.54) is 12.1 Å². The van der Waals surface area contributed by atoms with E-state index in [9.17, 15) is 9.18 Å². The standard InChI is InChI=1S/C18H21FN2O3/c1-4-21(15-7-5-6-13(19)8-15)12-18(22)20-14-9-16(23-2)11-17(10-14)24-3/h5-11H,4,12H2,1-3H3,(H,20,22). The van der Waals surface area contributed by atoms with Gasteiger partial charge in [-0.15, -0.1) is 0 Å². The van der Waals surface area contributed by atoms with Crippen LogP contribution in [0, 0.1) is 5.82 Å². The van der Waals surface area contributed by atoms with E-state index in [0.29, 0.717) is 29.4 Å². The van der Waals surface area contributed by atoms with Crippen LogP contribution < -0.4 is 19.7 Å². The van der Waals surface area contributed by atoms with Gasteiger partial charge in [0.15, 0.2) is 0 Å². The van der Waals surface area contributed by atoms with Crippen LogP contribution in [0.3, 0.4) is 0 Å². The Morgan fingerprint density at radius 3 is 2.33 bits per heavy atom. The first-order chi connectivity index (χ1) is 11.5. The van der Waals surface area contributed by atoms with Gasteiger partial charge < -0.3 is 19.7 Å². The second kappa shape index (κ2) is 8.19. The molecule has 0 spiro atoms. The maximum atomic E-state index is 13.4. The second-order valence-corrected chi connectivity index (χ2v) is 5.14. The average molecular weight is 332 g/mol. The van der Waals surface area contributed by atoms with Crippen molar-refractivity contribution in [1.29, 1.82) is 0 Å². The number of anilines is 2. The molecule has 0 unspecified atom stereocenters. The van der Waals surface area contributed by atoms with Crippen molar-refractivity contribution in [1.82, 2.24) is 0 Å². The number of carbonyl (C=O) groups excluding carboxylic acids is 1. The van der Waals surface area contributed by atoms with Crippen molar-refractivity contribution in [2.45, 2.75) is 6.92 Å². The fraction of sp³-hybridized carbons (Fsp3) is 0.278. The summed E-state index contributed by atoms with van der Waals surface area (Å²) in [6.45, 7) is 2.60. The van der Waals surface area contributed by atoms with E-state index in [1.54, 1.807) is 49.5 Å². The van der Waals surface area contributed by atoms with Gasteiger partial charge in [0.2, 0.25) is 5.91 Å². The highest BCUT2D eigenvalue weighted by Gasteiger charge is 2.12. The molecule has 0 saturated carbocycles. The Morgan fingerprint density at radius 1 is 1.12 bits per heavy atom. The number of methoxy groups -OCH3 is 2. The minimum Gasteiger partial charge on any atom is -0.497 e. The number of amides is 1. The highest BCUT2D eigenvalue weighted by atomic mass is 19.1. The van der Waals surface area contributed by atoms with E-state index in [0.717, 1.165) is 0 Å². The number of benzene rings is 2. The number of hydrogen-bond donors (Lipinski definition) is 1. The zero-order valence-electron chi connectivity index (χ0n) is 14.0. The molecule has 24 heavy (non-hydrogen) atoms. The predicted molar refractivity (Wildman–Crippen MR) is 92.5 cm³/mol. The van der Waals surface area contributed by atoms with E-state index >= 15 is 0 Å². The summed E-state index contributed by atoms with van der Waals surface area (Å²) < 4.78 is 23.7. The highest BCUT2D eigenvalue weighted by molar-refractivity contribution is 5.94. The van der Waals surface area contributed by atoms with Crippen molar-refractivity contribution in [3.05, 3.63) is 48.3 Å². The first kappa shape index (κ1) is 17.6. The summed E-state index contributed by atoms with van der Waals surface area (Å²) in [4.78, 5) is 14.1. The first-order valence-corrected chi connectivity index (χ1v) is 7.59. The van der Waals surface area contributed by atoms with Crippen LogP contribution in [-0.2, 0) is 4.79 Å². The largest absolute Gasteiger partial charge is 0.497 e. The second-order valence-electron chi connectivity index (χ2n) is 5.14. The molecule has 0 aliphatic rings. The predicted octanol–water partition coefficient (Wildman–Crippen LogP) is 3.31. The number of hydrogen-bond acceptors (Lipinski definition) is 4. The molecule has 1 N–H and O–H groups in total. The molecule has 0 aromatic heterocycles. The molecule has 0 radical (unpaired) electrons. The Kier molecular flexibility index (Phi) is 6.01. The van der Waals surface area contributed by atoms with Gasteiger partial charge in [-0.25, -0.2) is 4.39 Å². The molecule has 2 aromatic carbocycles. The van der Waals surface area contributed by atoms with Crippen molar-refractivity contribution in [2.75, 3.05) is 37.5 Å². The Bertz CT molecular complexity index is 684. The Labute approximate surface area is 141 Å². The van der Waals surface area contributed by atoms with E-state index in [2.05, 4.69) is 5.32 Å². The summed E-state index contributed by atoms with van der Waals surface area (Å²) in [5.41, 5.74) is 1.24. The van der Waals surface area contributed by atoms with Gasteiger partial charge in [-0.3, -0.25) is 4.79 Å². The third-order valence-electron chi connectivity index (χ3n) is 3.52. The van der Waals surface area contributed by atoms with Crippen molar-refractivity contribution in [2.24, 2.45) is 0 Å². The Morgan fingerprint density at radius 2 is 1.79 bits per heavy atom. The minimum atomic E-state index is -0.330. The van der Waals surface area contributed by atoms with Crippen molar-refractivity contribution >= 4 is 17.3 Å². The van der Waals surface area contributed by atoms with Crippen LogP contribution in [0.4, 0.5) is 15.8 Å². The van der Waals surface area contributed by atoms with E-state index < -0.39 is 0 Å². The van der Waals surface area contributed by atoms with Crippen LogP contribution in [0.5, 0.6) is 11.5 Å². The Hall–Kier alpha value is -2.76. The lowest BCUT2D eigenvalue weighted by molar-refractivity contribution is -0.115. The summed E-state index contributed by atoms with van der Waals surface area (Å²) in [5, 5.41) is 2.81. The normalized spacial score (nSPS) is 10.2. The minimum absolute atomic E-state index is 0.111. The number of ether oxygens (including phenoxy) is 2. The lowest BCUT2D eigenvalue weighted by atomic mass is 10.2. The highest BCUT2D eigenvalue weighted by Crippen LogP contribution is 2.25. The first-order valence-electron chi connectivity index (χ1n) is 7.59. The molecule has 1 amide bonds. The zero-order valence-corrected chi connectivity index (χ0v) is 14.0. The number of nitrogens with one attached hydrogen (secondary N) is 1. The molecular formula is C18H21FN2O3. The van der Waals surface area contributed by atoms with Crippen LogP contribution in [0.15, 0.2) is 42.5 Å². The summed E-state index contributed by atoms with van der Waals surface area (Å²) in [6.07, 6.45) is 0. The molecule has 0 heterocycles. The van der Waals surface area contributed by atoms with Gasteiger partial charge in [0.05, 0.1) is 20.8 Å². The molecule has 0 aliphatic heterocycles. The molecule has 0 fully saturated rings. The zero-order chi connectivity index (χ0) is 17.5. The van der Waals surface area contributed by atoms with E-state index in [4.69, 9.17) is 9.47 Å². The fourth-order valence-corrected chi connectivity index (χ4v) is 2.31. The Balaban J connectivity index is 2.09. The molecule has 2 aromatic rings. The van der Waals surface area contributed by atoms with Crippen LogP contribution >= 0.6 is 0 Å². The molecule has 0 aliphatic carbocycles. The summed E-state index contributed by atoms with van der Waals surface area (Å²) in [7, 11) is 3.09. The third kappa shape index (κ3) is 4.62. The molecule has 2 rings (SSSR count). The van der Waals surface area contributed by atoms with Crippen LogP contribution in [0.25, 0.3) is 0 Å². The van der Waals surface area contributed by atoms with Gasteiger partial charge in [-0.1, -0.05) is 6.07 Å². The van der Waals surface area contributed by atoms with E-state index in [-0.39, 0.29) is 18.3 Å². The van der Waals surface area contributed by atoms with Gasteiger partial charge in [0.1, 0.15) is 17.3 Å². The van der Waals surface area contributed by atoms with Gasteiger partial charge in [-0.05, 0) is 25.1 Å². The molecule has 128 valence electrons. The molecule has 0 atom stereocenters. The van der Waals surface area contributed by atoms with Crippen molar-refractivity contribution < 1.29 is 18.7 Å². The number of carbonyl (C=O) groups is 1. The maximum absolute atomic E-state index is 13.4. The smallest absolute Gasteiger partial charge is 0.243 e. The molecule has 6 heteroatoms. The number of rotatable bonds is 7. The molecule has 5 nitrogen and oxygen atoms in total. The summed E-state index contributed by atoms with van der Waals surface area (Å²) in [6, 6.07) is 11.3. The van der Waals surface area contributed by atoms with Crippen molar-refractivity contribution in [3.8, 4) is 11.5 Å². The lowest BCUT2D eigenvalue weighted by Gasteiger charge is -2.22. The van der Waals surface area contributed by atoms with Crippen LogP contribution in [0.2, 0.25) is 0 Å². The van der Waals surface area contributed by atoms with Gasteiger partial charge in [0, 0.05) is 36.1 Å². The summed E-state index contributed by atoms with van der Waals surface area (Å²) >= 11 is 0. The molecular weight excluding hydrogens is 311 g/mol. The lowest BCUT2D eigenvalue weighted by Crippen LogP contribution is -2.33. The van der Waals surface area contributed by atoms with E-state index in [1.807, 2.05) is 6.92 Å². The fourth-order valence-electron chi connectivity index (χ4n) is 2.31. The number of likely N-dealkylation sites (N-methyl/N-ethyl adjacent to an activating group) is 1. The maximum Gasteiger partial charge on any atom is 0.243 e. The number of halogens is 1. The van der Waals surface area contributed by atoms with Gasteiger partial charge in [0.25, 0.3) is 0 Å². The number of nitrogens with zero attached hydrogens (tertiary/aromatic N) is 1. The monoisotopic (exact) mass is 332 g/mol. The quantitative estimate of drug-likeness (QED) is 0.845.